The number of carbonyl (C=O) groups excluding carboxylic acids is 1. The van der Waals surface area contributed by atoms with E-state index in [0.29, 0.717) is 17.3 Å². The number of hydrogen-bond acceptors (Lipinski definition) is 3. The number of hydrogen-bond donors (Lipinski definition) is 1. The minimum Gasteiger partial charge on any atom is -0.266 e. The average Bonchev–Trinajstić information content (AvgIpc) is 3.06. The fourth-order valence-electron chi connectivity index (χ4n) is 3.59. The van der Waals surface area contributed by atoms with Crippen LogP contribution in [-0.4, -0.2) is 11.6 Å². The van der Waals surface area contributed by atoms with Crippen molar-refractivity contribution in [3.8, 4) is 0 Å². The fraction of sp³-hybridized carbons (Fsp3) is 0.600. The molecule has 102 valence electrons. The van der Waals surface area contributed by atoms with E-state index in [2.05, 4.69) is 31.3 Å². The van der Waals surface area contributed by atoms with Crippen LogP contribution in [0, 0.1) is 23.2 Å². The molecular formula is C15H20N2OS. The lowest BCUT2D eigenvalue weighted by Crippen LogP contribution is -2.34. The molecule has 3 rings (SSSR count). The van der Waals surface area contributed by atoms with Gasteiger partial charge in [0.05, 0.1) is 4.88 Å². The topological polar surface area (TPSA) is 41.5 Å². The van der Waals surface area contributed by atoms with E-state index in [1.807, 2.05) is 17.5 Å². The minimum atomic E-state index is -0.0859. The Kier molecular flexibility index (Phi) is 3.01. The second-order valence-electron chi connectivity index (χ2n) is 6.37. The number of amides is 1. The lowest BCUT2D eigenvalue weighted by Gasteiger charge is -2.36. The van der Waals surface area contributed by atoms with Crippen LogP contribution in [0.2, 0.25) is 0 Å². The Bertz CT molecular complexity index is 514. The van der Waals surface area contributed by atoms with Crippen LogP contribution in [0.4, 0.5) is 0 Å². The quantitative estimate of drug-likeness (QED) is 0.825. The number of fused-ring (bicyclic) bond motifs is 2. The summed E-state index contributed by atoms with van der Waals surface area (Å²) in [6.45, 7) is 7.05. The summed E-state index contributed by atoms with van der Waals surface area (Å²) < 4.78 is 0. The first kappa shape index (κ1) is 12.9. The Morgan fingerprint density at radius 2 is 2.32 bits per heavy atom. The zero-order valence-electron chi connectivity index (χ0n) is 11.6. The minimum absolute atomic E-state index is 0.0859. The highest BCUT2D eigenvalue weighted by atomic mass is 32.1. The van der Waals surface area contributed by atoms with E-state index in [-0.39, 0.29) is 5.91 Å². The van der Waals surface area contributed by atoms with Crippen LogP contribution >= 0.6 is 11.3 Å². The van der Waals surface area contributed by atoms with Crippen molar-refractivity contribution >= 4 is 23.0 Å². The Morgan fingerprint density at radius 1 is 1.53 bits per heavy atom. The van der Waals surface area contributed by atoms with Crippen molar-refractivity contribution in [2.45, 2.75) is 33.6 Å². The van der Waals surface area contributed by atoms with Crippen LogP contribution in [0.1, 0.15) is 43.3 Å². The van der Waals surface area contributed by atoms with E-state index in [4.69, 9.17) is 0 Å². The normalized spacial score (nSPS) is 33.8. The summed E-state index contributed by atoms with van der Waals surface area (Å²) in [5.41, 5.74) is 4.33. The molecule has 2 saturated carbocycles. The van der Waals surface area contributed by atoms with Crippen molar-refractivity contribution in [2.24, 2.45) is 28.3 Å². The number of rotatable bonds is 2. The Balaban J connectivity index is 1.69. The summed E-state index contributed by atoms with van der Waals surface area (Å²) in [7, 11) is 0. The number of carbonyl (C=O) groups is 1. The zero-order valence-corrected chi connectivity index (χ0v) is 12.5. The van der Waals surface area contributed by atoms with Crippen LogP contribution in [-0.2, 0) is 0 Å². The average molecular weight is 276 g/mol. The third-order valence-electron chi connectivity index (χ3n) is 5.30. The molecule has 1 aromatic heterocycles. The largest absolute Gasteiger partial charge is 0.281 e. The van der Waals surface area contributed by atoms with Crippen LogP contribution in [0.15, 0.2) is 22.6 Å². The van der Waals surface area contributed by atoms with Crippen LogP contribution in [0.5, 0.6) is 0 Å². The predicted molar refractivity (Wildman–Crippen MR) is 78.4 cm³/mol. The number of nitrogens with zero attached hydrogens (tertiary/aromatic N) is 1. The number of thiophene rings is 1. The summed E-state index contributed by atoms with van der Waals surface area (Å²) in [6, 6.07) is 3.71. The van der Waals surface area contributed by atoms with Gasteiger partial charge in [-0.2, -0.15) is 5.10 Å². The van der Waals surface area contributed by atoms with Gasteiger partial charge in [0.2, 0.25) is 0 Å². The summed E-state index contributed by atoms with van der Waals surface area (Å²) in [4.78, 5) is 12.6. The van der Waals surface area contributed by atoms with Gasteiger partial charge in [0, 0.05) is 11.6 Å². The molecule has 0 radical (unpaired) electrons. The van der Waals surface area contributed by atoms with Crippen molar-refractivity contribution < 1.29 is 4.79 Å². The van der Waals surface area contributed by atoms with Crippen molar-refractivity contribution in [2.75, 3.05) is 0 Å². The van der Waals surface area contributed by atoms with Gasteiger partial charge in [-0.25, -0.2) is 5.43 Å². The van der Waals surface area contributed by atoms with Gasteiger partial charge < -0.3 is 0 Å². The molecule has 4 heteroatoms. The highest BCUT2D eigenvalue weighted by Crippen LogP contribution is 2.57. The van der Waals surface area contributed by atoms with E-state index in [1.54, 1.807) is 0 Å². The lowest BCUT2D eigenvalue weighted by molar-refractivity contribution is 0.0958. The Hall–Kier alpha value is -1.16. The molecule has 0 aliphatic heterocycles. The standard InChI is InChI=1S/C15H20N2OS/c1-9-11-7-10(15(9,2)3)8-12(11)16-17-14(18)13-5-4-6-19-13/h4-6,9-11H,7-8H2,1-3H3,(H,17,18)/b16-12-/t9-,10-,11+/m0/s1. The first-order valence-corrected chi connectivity index (χ1v) is 7.78. The van der Waals surface area contributed by atoms with E-state index >= 15 is 0 Å². The molecule has 2 aliphatic rings. The van der Waals surface area contributed by atoms with Gasteiger partial charge in [-0.05, 0) is 41.5 Å². The molecule has 0 unspecified atom stereocenters. The van der Waals surface area contributed by atoms with Crippen LogP contribution in [0.3, 0.4) is 0 Å². The maximum absolute atomic E-state index is 11.9. The summed E-state index contributed by atoms with van der Waals surface area (Å²) in [5.74, 6) is 1.86. The molecule has 19 heavy (non-hydrogen) atoms. The van der Waals surface area contributed by atoms with Gasteiger partial charge in [0.1, 0.15) is 0 Å². The third-order valence-corrected chi connectivity index (χ3v) is 6.17. The highest BCUT2D eigenvalue weighted by molar-refractivity contribution is 7.12. The first-order valence-electron chi connectivity index (χ1n) is 6.90. The monoisotopic (exact) mass is 276 g/mol. The Labute approximate surface area is 118 Å². The first-order chi connectivity index (χ1) is 9.00. The van der Waals surface area contributed by atoms with Crippen molar-refractivity contribution in [3.63, 3.8) is 0 Å². The molecule has 2 fully saturated rings. The van der Waals surface area contributed by atoms with Gasteiger partial charge in [-0.15, -0.1) is 11.3 Å². The van der Waals surface area contributed by atoms with Gasteiger partial charge >= 0.3 is 0 Å². The summed E-state index contributed by atoms with van der Waals surface area (Å²) in [5, 5.41) is 6.31. The van der Waals surface area contributed by atoms with Gasteiger partial charge in [-0.3, -0.25) is 4.79 Å². The van der Waals surface area contributed by atoms with Gasteiger partial charge in [0.15, 0.2) is 0 Å². The second kappa shape index (κ2) is 4.44. The molecule has 3 atom stereocenters. The van der Waals surface area contributed by atoms with Gasteiger partial charge in [-0.1, -0.05) is 26.8 Å². The molecule has 2 aliphatic carbocycles. The molecule has 2 bridgehead atoms. The second-order valence-corrected chi connectivity index (χ2v) is 7.32. The molecule has 0 spiro atoms. The maximum Gasteiger partial charge on any atom is 0.281 e. The molecule has 1 N–H and O–H groups in total. The van der Waals surface area contributed by atoms with E-state index < -0.39 is 0 Å². The van der Waals surface area contributed by atoms with Gasteiger partial charge in [0.25, 0.3) is 5.91 Å². The summed E-state index contributed by atoms with van der Waals surface area (Å²) >= 11 is 1.45. The van der Waals surface area contributed by atoms with Crippen LogP contribution < -0.4 is 5.43 Å². The molecule has 1 amide bonds. The SMILES string of the molecule is C[C@H]1[C@H]2C[C@@H](C/C2=N/NC(=O)c2cccs2)C1(C)C. The molecule has 0 aromatic carbocycles. The molecular weight excluding hydrogens is 256 g/mol. The number of hydrazone groups is 1. The molecule has 0 saturated heterocycles. The predicted octanol–water partition coefficient (Wildman–Crippen LogP) is 3.54. The van der Waals surface area contributed by atoms with E-state index in [9.17, 15) is 4.79 Å². The smallest absolute Gasteiger partial charge is 0.266 e. The van der Waals surface area contributed by atoms with Crippen LogP contribution in [0.25, 0.3) is 0 Å². The molecule has 3 nitrogen and oxygen atoms in total. The third kappa shape index (κ3) is 2.02. The summed E-state index contributed by atoms with van der Waals surface area (Å²) in [6.07, 6.45) is 2.29. The van der Waals surface area contributed by atoms with E-state index in [1.165, 1.54) is 23.5 Å². The maximum atomic E-state index is 11.9. The molecule has 1 heterocycles. The zero-order chi connectivity index (χ0) is 13.6. The molecule has 1 aromatic rings. The number of nitrogens with one attached hydrogen (secondary N) is 1. The highest BCUT2D eigenvalue weighted by Gasteiger charge is 2.53. The van der Waals surface area contributed by atoms with E-state index in [0.717, 1.165) is 17.2 Å². The van der Waals surface area contributed by atoms with Crippen molar-refractivity contribution in [1.29, 1.82) is 0 Å². The van der Waals surface area contributed by atoms with Crippen molar-refractivity contribution in [3.05, 3.63) is 22.4 Å². The lowest BCUT2D eigenvalue weighted by atomic mass is 9.69. The Morgan fingerprint density at radius 3 is 2.89 bits per heavy atom. The van der Waals surface area contributed by atoms with Crippen molar-refractivity contribution in [1.82, 2.24) is 5.43 Å². The fourth-order valence-corrected chi connectivity index (χ4v) is 4.21.